The van der Waals surface area contributed by atoms with Crippen molar-refractivity contribution in [1.82, 2.24) is 4.57 Å². The standard InChI is InChI=1S/C27H27ClN2O5S2/c1-14(2)35-26(32)22-15(3)29-27-30(23(22)17-7-9-18(36-6)10-8-17)25(31)21(37-27)13-16-11-19(28)24(34-5)20(12-16)33-4/h7-14,23H,1-6H3/b21-13-/t23-/m1/s1. The van der Waals surface area contributed by atoms with Gasteiger partial charge < -0.3 is 14.2 Å². The van der Waals surface area contributed by atoms with Gasteiger partial charge in [0.2, 0.25) is 0 Å². The molecule has 194 valence electrons. The van der Waals surface area contributed by atoms with Gasteiger partial charge in [-0.1, -0.05) is 35.1 Å². The summed E-state index contributed by atoms with van der Waals surface area (Å²) >= 11 is 9.24. The van der Waals surface area contributed by atoms with Crippen LogP contribution in [-0.2, 0) is 9.53 Å². The minimum absolute atomic E-state index is 0.268. The zero-order valence-electron chi connectivity index (χ0n) is 21.3. The number of ether oxygens (including phenoxy) is 3. The molecule has 2 heterocycles. The normalized spacial score (nSPS) is 15.5. The Morgan fingerprint density at radius 2 is 1.89 bits per heavy atom. The van der Waals surface area contributed by atoms with Crippen molar-refractivity contribution in [2.75, 3.05) is 20.5 Å². The summed E-state index contributed by atoms with van der Waals surface area (Å²) in [5.41, 5.74) is 2.06. The van der Waals surface area contributed by atoms with E-state index in [1.165, 1.54) is 25.6 Å². The molecule has 0 N–H and O–H groups in total. The van der Waals surface area contributed by atoms with E-state index in [-0.39, 0.29) is 11.7 Å². The van der Waals surface area contributed by atoms with Crippen molar-refractivity contribution in [3.05, 3.63) is 83.5 Å². The van der Waals surface area contributed by atoms with E-state index in [0.29, 0.717) is 42.7 Å². The Balaban J connectivity index is 1.93. The van der Waals surface area contributed by atoms with Gasteiger partial charge in [-0.2, -0.15) is 0 Å². The summed E-state index contributed by atoms with van der Waals surface area (Å²) in [5, 5.41) is 0.363. The van der Waals surface area contributed by atoms with Gasteiger partial charge in [0.25, 0.3) is 5.56 Å². The van der Waals surface area contributed by atoms with Gasteiger partial charge in [0, 0.05) is 4.90 Å². The van der Waals surface area contributed by atoms with Gasteiger partial charge in [0.1, 0.15) is 0 Å². The average molecular weight is 559 g/mol. The lowest BCUT2D eigenvalue weighted by atomic mass is 9.96. The Labute approximate surface area is 228 Å². The maximum absolute atomic E-state index is 13.8. The number of thiazole rings is 1. The first-order valence-electron chi connectivity index (χ1n) is 11.5. The van der Waals surface area contributed by atoms with Gasteiger partial charge in [-0.25, -0.2) is 9.79 Å². The number of carbonyl (C=O) groups is 1. The lowest BCUT2D eigenvalue weighted by Gasteiger charge is -2.25. The number of hydrogen-bond acceptors (Lipinski definition) is 8. The molecule has 1 atom stereocenters. The molecule has 0 amide bonds. The first kappa shape index (κ1) is 27.0. The summed E-state index contributed by atoms with van der Waals surface area (Å²) in [6, 6.07) is 10.6. The lowest BCUT2D eigenvalue weighted by molar-refractivity contribution is -0.143. The number of rotatable bonds is 7. The fourth-order valence-electron chi connectivity index (χ4n) is 4.13. The molecule has 2 aromatic carbocycles. The monoisotopic (exact) mass is 558 g/mol. The average Bonchev–Trinajstić information content (AvgIpc) is 3.16. The van der Waals surface area contributed by atoms with Gasteiger partial charge in [0.15, 0.2) is 16.3 Å². The Morgan fingerprint density at radius 1 is 1.19 bits per heavy atom. The van der Waals surface area contributed by atoms with Crippen molar-refractivity contribution in [2.24, 2.45) is 4.99 Å². The van der Waals surface area contributed by atoms with E-state index >= 15 is 0 Å². The van der Waals surface area contributed by atoms with Crippen LogP contribution >= 0.6 is 34.7 Å². The number of allylic oxidation sites excluding steroid dienone is 1. The molecule has 0 fully saturated rings. The molecule has 4 rings (SSSR count). The van der Waals surface area contributed by atoms with Crippen molar-refractivity contribution in [2.45, 2.75) is 37.8 Å². The van der Waals surface area contributed by atoms with Gasteiger partial charge in [-0.15, -0.1) is 11.8 Å². The molecular formula is C27H27ClN2O5S2. The summed E-state index contributed by atoms with van der Waals surface area (Å²) in [4.78, 5) is 33.2. The van der Waals surface area contributed by atoms with Gasteiger partial charge in [-0.3, -0.25) is 9.36 Å². The van der Waals surface area contributed by atoms with E-state index in [4.69, 9.17) is 25.8 Å². The van der Waals surface area contributed by atoms with Crippen molar-refractivity contribution in [1.29, 1.82) is 0 Å². The smallest absolute Gasteiger partial charge is 0.338 e. The van der Waals surface area contributed by atoms with Crippen LogP contribution in [0.4, 0.5) is 0 Å². The molecule has 1 aromatic heterocycles. The minimum Gasteiger partial charge on any atom is -0.493 e. The molecule has 7 nitrogen and oxygen atoms in total. The fraction of sp³-hybridized carbons (Fsp3) is 0.296. The summed E-state index contributed by atoms with van der Waals surface area (Å²) in [7, 11) is 3.03. The van der Waals surface area contributed by atoms with E-state index in [0.717, 1.165) is 10.5 Å². The van der Waals surface area contributed by atoms with E-state index in [1.807, 2.05) is 30.5 Å². The van der Waals surface area contributed by atoms with Crippen LogP contribution in [0.1, 0.15) is 37.9 Å². The molecule has 10 heteroatoms. The molecule has 0 spiro atoms. The maximum Gasteiger partial charge on any atom is 0.338 e. The van der Waals surface area contributed by atoms with Gasteiger partial charge >= 0.3 is 5.97 Å². The molecule has 0 saturated heterocycles. The summed E-state index contributed by atoms with van der Waals surface area (Å²) in [6.45, 7) is 5.35. The Kier molecular flexibility index (Phi) is 8.16. The number of aromatic nitrogens is 1. The predicted molar refractivity (Wildman–Crippen MR) is 148 cm³/mol. The quantitative estimate of drug-likeness (QED) is 0.312. The summed E-state index contributed by atoms with van der Waals surface area (Å²) in [6.07, 6.45) is 3.41. The van der Waals surface area contributed by atoms with Crippen LogP contribution < -0.4 is 24.4 Å². The number of nitrogens with zero attached hydrogens (tertiary/aromatic N) is 2. The first-order valence-corrected chi connectivity index (χ1v) is 13.9. The fourth-order valence-corrected chi connectivity index (χ4v) is 5.89. The van der Waals surface area contributed by atoms with Crippen LogP contribution in [0.5, 0.6) is 11.5 Å². The first-order chi connectivity index (χ1) is 17.7. The highest BCUT2D eigenvalue weighted by Crippen LogP contribution is 2.36. The summed E-state index contributed by atoms with van der Waals surface area (Å²) in [5.74, 6) is 0.381. The van der Waals surface area contributed by atoms with E-state index in [9.17, 15) is 9.59 Å². The number of thioether (sulfide) groups is 1. The van der Waals surface area contributed by atoms with Crippen LogP contribution in [-0.4, -0.2) is 37.1 Å². The molecule has 1 aliphatic heterocycles. The molecule has 0 unspecified atom stereocenters. The van der Waals surface area contributed by atoms with Crippen molar-refractivity contribution >= 4 is 46.7 Å². The second kappa shape index (κ2) is 11.2. The topological polar surface area (TPSA) is 79.1 Å². The van der Waals surface area contributed by atoms with E-state index < -0.39 is 12.0 Å². The predicted octanol–water partition coefficient (Wildman–Crippen LogP) is 4.58. The Morgan fingerprint density at radius 3 is 2.49 bits per heavy atom. The zero-order valence-corrected chi connectivity index (χ0v) is 23.7. The SMILES string of the molecule is COc1cc(/C=c2\sc3n(c2=O)[C@H](c2ccc(SC)cc2)C(C(=O)OC(C)C)=C(C)N=3)cc(Cl)c1OC. The molecule has 37 heavy (non-hydrogen) atoms. The lowest BCUT2D eigenvalue weighted by Crippen LogP contribution is -2.40. The van der Waals surface area contributed by atoms with Crippen molar-refractivity contribution in [3.8, 4) is 11.5 Å². The number of halogens is 1. The van der Waals surface area contributed by atoms with Crippen molar-refractivity contribution in [3.63, 3.8) is 0 Å². The number of hydrogen-bond donors (Lipinski definition) is 0. The number of fused-ring (bicyclic) bond motifs is 1. The van der Waals surface area contributed by atoms with Crippen molar-refractivity contribution < 1.29 is 19.0 Å². The van der Waals surface area contributed by atoms with Crippen LogP contribution in [0.15, 0.2) is 62.4 Å². The van der Waals surface area contributed by atoms with E-state index in [1.54, 1.807) is 55.3 Å². The Bertz CT molecular complexity index is 1560. The highest BCUT2D eigenvalue weighted by atomic mass is 35.5. The molecule has 0 radical (unpaired) electrons. The third-order valence-electron chi connectivity index (χ3n) is 5.77. The molecule has 3 aromatic rings. The minimum atomic E-state index is -0.672. The van der Waals surface area contributed by atoms with Crippen LogP contribution in [0.25, 0.3) is 6.08 Å². The highest BCUT2D eigenvalue weighted by Gasteiger charge is 2.33. The maximum atomic E-state index is 13.8. The van der Waals surface area contributed by atoms with Gasteiger partial charge in [-0.05, 0) is 68.5 Å². The molecular weight excluding hydrogens is 532 g/mol. The summed E-state index contributed by atoms with van der Waals surface area (Å²) < 4.78 is 18.3. The largest absolute Gasteiger partial charge is 0.493 e. The molecule has 0 bridgehead atoms. The third-order valence-corrected chi connectivity index (χ3v) is 7.78. The van der Waals surface area contributed by atoms with E-state index in [2.05, 4.69) is 4.99 Å². The Hall–Kier alpha value is -3.01. The number of carbonyl (C=O) groups excluding carboxylic acids is 1. The number of esters is 1. The molecule has 0 saturated carbocycles. The highest BCUT2D eigenvalue weighted by molar-refractivity contribution is 7.98. The zero-order chi connectivity index (χ0) is 26.9. The van der Waals surface area contributed by atoms with Gasteiger partial charge in [0.05, 0.1) is 47.2 Å². The second-order valence-electron chi connectivity index (χ2n) is 8.55. The number of methoxy groups -OCH3 is 2. The van der Waals surface area contributed by atoms with Crippen LogP contribution in [0.3, 0.4) is 0 Å². The number of benzene rings is 2. The second-order valence-corrected chi connectivity index (χ2v) is 10.8. The molecule has 1 aliphatic rings. The molecule has 0 aliphatic carbocycles. The van der Waals surface area contributed by atoms with Crippen LogP contribution in [0.2, 0.25) is 5.02 Å². The van der Waals surface area contributed by atoms with Crippen LogP contribution in [0, 0.1) is 0 Å². The third kappa shape index (κ3) is 5.35.